The first-order chi connectivity index (χ1) is 9.42. The van der Waals surface area contributed by atoms with E-state index in [1.165, 1.54) is 36.0 Å². The van der Waals surface area contributed by atoms with Crippen LogP contribution >= 0.6 is 23.9 Å². The second-order valence-corrected chi connectivity index (χ2v) is 7.70. The summed E-state index contributed by atoms with van der Waals surface area (Å²) in [6, 6.07) is 22.0. The van der Waals surface area contributed by atoms with E-state index in [1.54, 1.807) is 0 Å². The standard InChI is InChI=1S/C17H20BrP/c18-14-8-3-9-15-19(16-10-4-1-5-11-16)17-12-6-2-7-13-17/h1-2,4-7,10-13H,3,8-9,14-15H2. The van der Waals surface area contributed by atoms with Crippen molar-refractivity contribution in [1.29, 1.82) is 0 Å². The Morgan fingerprint density at radius 1 is 0.684 bits per heavy atom. The minimum Gasteiger partial charge on any atom is -0.0928 e. The van der Waals surface area contributed by atoms with Gasteiger partial charge < -0.3 is 0 Å². The molecule has 0 unspecified atom stereocenters. The average molecular weight is 335 g/mol. The average Bonchev–Trinajstić information content (AvgIpc) is 2.49. The smallest absolute Gasteiger partial charge is 0.00313 e. The maximum Gasteiger partial charge on any atom is 0.00313 e. The molecule has 0 bridgehead atoms. The van der Waals surface area contributed by atoms with E-state index in [-0.39, 0.29) is 7.92 Å². The predicted molar refractivity (Wildman–Crippen MR) is 91.6 cm³/mol. The summed E-state index contributed by atoms with van der Waals surface area (Å²) < 4.78 is 0. The van der Waals surface area contributed by atoms with Gasteiger partial charge in [-0.15, -0.1) is 0 Å². The summed E-state index contributed by atoms with van der Waals surface area (Å²) in [4.78, 5) is 0. The highest BCUT2D eigenvalue weighted by Crippen LogP contribution is 2.34. The number of hydrogen-bond donors (Lipinski definition) is 0. The molecular weight excluding hydrogens is 315 g/mol. The van der Waals surface area contributed by atoms with Gasteiger partial charge in [-0.1, -0.05) is 83.0 Å². The summed E-state index contributed by atoms with van der Waals surface area (Å²) in [5, 5.41) is 4.13. The number of halogens is 1. The van der Waals surface area contributed by atoms with Gasteiger partial charge in [0.1, 0.15) is 0 Å². The molecule has 0 aliphatic heterocycles. The Morgan fingerprint density at radius 3 is 1.68 bits per heavy atom. The molecule has 2 rings (SSSR count). The van der Waals surface area contributed by atoms with Crippen molar-refractivity contribution in [2.24, 2.45) is 0 Å². The fourth-order valence-electron chi connectivity index (χ4n) is 2.16. The van der Waals surface area contributed by atoms with Crippen molar-refractivity contribution in [2.45, 2.75) is 19.3 Å². The summed E-state index contributed by atoms with van der Waals surface area (Å²) in [5.74, 6) is 0. The summed E-state index contributed by atoms with van der Waals surface area (Å²) in [5.41, 5.74) is 0. The van der Waals surface area contributed by atoms with E-state index in [1.807, 2.05) is 0 Å². The van der Waals surface area contributed by atoms with Crippen molar-refractivity contribution < 1.29 is 0 Å². The highest BCUT2D eigenvalue weighted by atomic mass is 79.9. The highest BCUT2D eigenvalue weighted by molar-refractivity contribution is 9.09. The van der Waals surface area contributed by atoms with Gasteiger partial charge in [0.05, 0.1) is 0 Å². The van der Waals surface area contributed by atoms with Crippen LogP contribution in [0.4, 0.5) is 0 Å². The quantitative estimate of drug-likeness (QED) is 0.391. The Morgan fingerprint density at radius 2 is 1.21 bits per heavy atom. The van der Waals surface area contributed by atoms with Gasteiger partial charge in [-0.25, -0.2) is 0 Å². The Kier molecular flexibility index (Phi) is 6.61. The second-order valence-electron chi connectivity index (χ2n) is 4.57. The zero-order chi connectivity index (χ0) is 13.3. The number of rotatable bonds is 7. The monoisotopic (exact) mass is 334 g/mol. The van der Waals surface area contributed by atoms with Crippen LogP contribution in [0.5, 0.6) is 0 Å². The Hall–Kier alpha value is -0.650. The fourth-order valence-corrected chi connectivity index (χ4v) is 4.98. The Bertz CT molecular complexity index is 416. The van der Waals surface area contributed by atoms with Crippen LogP contribution in [0.15, 0.2) is 60.7 Å². The van der Waals surface area contributed by atoms with Crippen LogP contribution in [0.2, 0.25) is 0 Å². The SMILES string of the molecule is BrCCCCCP(c1ccccc1)c1ccccc1. The zero-order valence-corrected chi connectivity index (χ0v) is 13.6. The Balaban J connectivity index is 2.10. The maximum absolute atomic E-state index is 3.51. The van der Waals surface area contributed by atoms with Crippen molar-refractivity contribution in [3.8, 4) is 0 Å². The van der Waals surface area contributed by atoms with Gasteiger partial charge in [0, 0.05) is 5.33 Å². The number of hydrogen-bond acceptors (Lipinski definition) is 0. The van der Waals surface area contributed by atoms with Crippen molar-refractivity contribution in [2.75, 3.05) is 11.5 Å². The molecule has 0 heterocycles. The molecule has 0 radical (unpaired) electrons. The molecule has 0 saturated heterocycles. The molecule has 0 fully saturated rings. The lowest BCUT2D eigenvalue weighted by atomic mass is 10.3. The van der Waals surface area contributed by atoms with Crippen molar-refractivity contribution >= 4 is 34.5 Å². The molecule has 0 amide bonds. The van der Waals surface area contributed by atoms with Crippen molar-refractivity contribution in [3.05, 3.63) is 60.7 Å². The minimum absolute atomic E-state index is 0.183. The number of unbranched alkanes of at least 4 members (excludes halogenated alkanes) is 2. The first-order valence-electron chi connectivity index (χ1n) is 6.85. The first kappa shape index (κ1) is 14.8. The largest absolute Gasteiger partial charge is 0.0928 e. The zero-order valence-electron chi connectivity index (χ0n) is 11.1. The Labute approximate surface area is 126 Å². The third-order valence-electron chi connectivity index (χ3n) is 3.15. The third kappa shape index (κ3) is 4.75. The van der Waals surface area contributed by atoms with Gasteiger partial charge in [-0.2, -0.15) is 0 Å². The molecular formula is C17H20BrP. The van der Waals surface area contributed by atoms with E-state index in [9.17, 15) is 0 Å². The van der Waals surface area contributed by atoms with Crippen LogP contribution in [-0.2, 0) is 0 Å². The third-order valence-corrected chi connectivity index (χ3v) is 6.32. The van der Waals surface area contributed by atoms with Gasteiger partial charge >= 0.3 is 0 Å². The van der Waals surface area contributed by atoms with E-state index in [0.717, 1.165) is 5.33 Å². The summed E-state index contributed by atoms with van der Waals surface area (Å²) in [6.07, 6.45) is 5.23. The van der Waals surface area contributed by atoms with Gasteiger partial charge in [0.25, 0.3) is 0 Å². The molecule has 2 heteroatoms. The molecule has 0 saturated carbocycles. The highest BCUT2D eigenvalue weighted by Gasteiger charge is 2.12. The number of alkyl halides is 1. The van der Waals surface area contributed by atoms with Crippen LogP contribution in [0.3, 0.4) is 0 Å². The molecule has 2 aromatic carbocycles. The van der Waals surface area contributed by atoms with Gasteiger partial charge in [-0.05, 0) is 37.5 Å². The molecule has 0 aliphatic rings. The topological polar surface area (TPSA) is 0 Å². The van der Waals surface area contributed by atoms with Gasteiger partial charge in [0.2, 0.25) is 0 Å². The van der Waals surface area contributed by atoms with E-state index >= 15 is 0 Å². The van der Waals surface area contributed by atoms with Crippen molar-refractivity contribution in [3.63, 3.8) is 0 Å². The summed E-state index contributed by atoms with van der Waals surface area (Å²) >= 11 is 3.51. The molecule has 0 aliphatic carbocycles. The van der Waals surface area contributed by atoms with Crippen LogP contribution in [-0.4, -0.2) is 11.5 Å². The normalized spacial score (nSPS) is 10.8. The first-order valence-corrected chi connectivity index (χ1v) is 9.50. The lowest BCUT2D eigenvalue weighted by molar-refractivity contribution is 0.787. The van der Waals surface area contributed by atoms with E-state index in [4.69, 9.17) is 0 Å². The van der Waals surface area contributed by atoms with Crippen LogP contribution in [0.25, 0.3) is 0 Å². The van der Waals surface area contributed by atoms with E-state index < -0.39 is 0 Å². The van der Waals surface area contributed by atoms with E-state index in [2.05, 4.69) is 76.6 Å². The molecule has 0 atom stereocenters. The lowest BCUT2D eigenvalue weighted by Gasteiger charge is -2.18. The van der Waals surface area contributed by atoms with Gasteiger partial charge in [0.15, 0.2) is 0 Å². The molecule has 0 N–H and O–H groups in total. The van der Waals surface area contributed by atoms with Crippen molar-refractivity contribution in [1.82, 2.24) is 0 Å². The van der Waals surface area contributed by atoms with Gasteiger partial charge in [-0.3, -0.25) is 0 Å². The number of benzene rings is 2. The van der Waals surface area contributed by atoms with Crippen LogP contribution in [0.1, 0.15) is 19.3 Å². The van der Waals surface area contributed by atoms with E-state index in [0.29, 0.717) is 0 Å². The predicted octanol–water partition coefficient (Wildman–Crippen LogP) is 4.68. The second kappa shape index (κ2) is 8.51. The molecule has 100 valence electrons. The molecule has 2 aromatic rings. The van der Waals surface area contributed by atoms with Crippen LogP contribution in [0, 0.1) is 0 Å². The molecule has 0 aromatic heterocycles. The molecule has 0 spiro atoms. The fraction of sp³-hybridized carbons (Fsp3) is 0.294. The minimum atomic E-state index is -0.183. The van der Waals surface area contributed by atoms with Crippen LogP contribution < -0.4 is 10.6 Å². The molecule has 0 nitrogen and oxygen atoms in total. The molecule has 19 heavy (non-hydrogen) atoms. The maximum atomic E-state index is 3.51. The summed E-state index contributed by atoms with van der Waals surface area (Å²) in [6.45, 7) is 0. The summed E-state index contributed by atoms with van der Waals surface area (Å²) in [7, 11) is -0.183. The lowest BCUT2D eigenvalue weighted by Crippen LogP contribution is -2.13.